The van der Waals surface area contributed by atoms with Crippen molar-refractivity contribution in [1.82, 2.24) is 15.1 Å². The van der Waals surface area contributed by atoms with Gasteiger partial charge in [-0.15, -0.1) is 0 Å². The van der Waals surface area contributed by atoms with Crippen LogP contribution >= 0.6 is 15.9 Å². The number of aryl methyl sites for hydroxylation is 2. The van der Waals surface area contributed by atoms with Crippen LogP contribution in [0.15, 0.2) is 27.2 Å². The Morgan fingerprint density at radius 2 is 2.33 bits per heavy atom. The monoisotopic (exact) mass is 311 g/mol. The smallest absolute Gasteiger partial charge is 0.271 e. The highest BCUT2D eigenvalue weighted by Crippen LogP contribution is 2.16. The van der Waals surface area contributed by atoms with Crippen LogP contribution in [0.3, 0.4) is 0 Å². The molecule has 0 atom stereocenters. The van der Waals surface area contributed by atoms with Crippen LogP contribution in [0.5, 0.6) is 0 Å². The number of nitrogens with one attached hydrogen (secondary N) is 1. The third-order valence-electron chi connectivity index (χ3n) is 2.53. The van der Waals surface area contributed by atoms with E-state index < -0.39 is 0 Å². The number of aromatic nitrogens is 2. The summed E-state index contributed by atoms with van der Waals surface area (Å²) >= 11 is 3.32. The summed E-state index contributed by atoms with van der Waals surface area (Å²) in [5.74, 6) is 1.40. The number of halogens is 1. The Hall–Kier alpha value is -1.56. The summed E-state index contributed by atoms with van der Waals surface area (Å²) in [6, 6.07) is 3.72. The summed E-state index contributed by atoms with van der Waals surface area (Å²) in [4.78, 5) is 12.0. The van der Waals surface area contributed by atoms with Gasteiger partial charge in [0, 0.05) is 6.54 Å². The van der Waals surface area contributed by atoms with Gasteiger partial charge in [0.05, 0.1) is 17.2 Å². The van der Waals surface area contributed by atoms with Crippen LogP contribution < -0.4 is 5.32 Å². The van der Waals surface area contributed by atoms with Crippen molar-refractivity contribution in [2.24, 2.45) is 0 Å². The predicted octanol–water partition coefficient (Wildman–Crippen LogP) is 2.50. The van der Waals surface area contributed by atoms with Crippen LogP contribution in [0.4, 0.5) is 0 Å². The molecule has 0 unspecified atom stereocenters. The van der Waals surface area contributed by atoms with E-state index in [1.807, 2.05) is 26.0 Å². The molecule has 0 aliphatic carbocycles. The number of hydrogen-bond acceptors (Lipinski definition) is 3. The molecule has 18 heavy (non-hydrogen) atoms. The highest BCUT2D eigenvalue weighted by Gasteiger charge is 2.16. The van der Waals surface area contributed by atoms with E-state index in [1.54, 1.807) is 10.9 Å². The van der Waals surface area contributed by atoms with Crippen molar-refractivity contribution < 1.29 is 9.21 Å². The molecular formula is C12H14BrN3O2. The molecule has 1 amide bonds. The molecule has 0 spiro atoms. The Labute approximate surface area is 113 Å². The molecule has 5 nitrogen and oxygen atoms in total. The van der Waals surface area contributed by atoms with Crippen LogP contribution in [-0.2, 0) is 13.1 Å². The van der Waals surface area contributed by atoms with E-state index in [0.717, 1.165) is 11.5 Å². The standard InChI is InChI=1S/C12H14BrN3O2/c1-3-16-11(10(13)7-15-16)12(17)14-6-9-5-4-8(2)18-9/h4-5,7H,3,6H2,1-2H3,(H,14,17). The fraction of sp³-hybridized carbons (Fsp3) is 0.333. The number of carbonyl (C=O) groups excluding carboxylic acids is 1. The van der Waals surface area contributed by atoms with Crippen molar-refractivity contribution in [1.29, 1.82) is 0 Å². The molecule has 0 radical (unpaired) electrons. The lowest BCUT2D eigenvalue weighted by Gasteiger charge is -2.06. The maximum atomic E-state index is 12.0. The van der Waals surface area contributed by atoms with Gasteiger partial charge in [-0.2, -0.15) is 5.10 Å². The van der Waals surface area contributed by atoms with Gasteiger partial charge in [0.15, 0.2) is 0 Å². The summed E-state index contributed by atoms with van der Waals surface area (Å²) in [5, 5.41) is 6.91. The molecule has 2 heterocycles. The topological polar surface area (TPSA) is 60.1 Å². The van der Waals surface area contributed by atoms with Crippen LogP contribution in [0.1, 0.15) is 28.9 Å². The zero-order valence-corrected chi connectivity index (χ0v) is 11.8. The van der Waals surface area contributed by atoms with E-state index in [1.165, 1.54) is 0 Å². The van der Waals surface area contributed by atoms with E-state index in [2.05, 4.69) is 26.3 Å². The second-order valence-electron chi connectivity index (χ2n) is 3.85. The average Bonchev–Trinajstić information content (AvgIpc) is 2.92. The van der Waals surface area contributed by atoms with Crippen LogP contribution in [0.25, 0.3) is 0 Å². The van der Waals surface area contributed by atoms with Crippen molar-refractivity contribution in [3.63, 3.8) is 0 Å². The Morgan fingerprint density at radius 3 is 2.94 bits per heavy atom. The zero-order valence-electron chi connectivity index (χ0n) is 10.2. The molecule has 0 aliphatic rings. The Bertz CT molecular complexity index is 559. The highest BCUT2D eigenvalue weighted by atomic mass is 79.9. The Balaban J connectivity index is 2.05. The highest BCUT2D eigenvalue weighted by molar-refractivity contribution is 9.10. The van der Waals surface area contributed by atoms with E-state index in [4.69, 9.17) is 4.42 Å². The molecule has 6 heteroatoms. The molecule has 2 rings (SSSR count). The molecule has 0 aromatic carbocycles. The Morgan fingerprint density at radius 1 is 1.56 bits per heavy atom. The molecule has 0 fully saturated rings. The second kappa shape index (κ2) is 5.39. The van der Waals surface area contributed by atoms with Crippen LogP contribution in [0.2, 0.25) is 0 Å². The average molecular weight is 312 g/mol. The fourth-order valence-electron chi connectivity index (χ4n) is 1.66. The van der Waals surface area contributed by atoms with Crippen molar-refractivity contribution in [2.45, 2.75) is 26.9 Å². The van der Waals surface area contributed by atoms with Crippen molar-refractivity contribution in [2.75, 3.05) is 0 Å². The number of carbonyl (C=O) groups is 1. The SMILES string of the molecule is CCn1ncc(Br)c1C(=O)NCc1ccc(C)o1. The molecule has 1 N–H and O–H groups in total. The van der Waals surface area contributed by atoms with Crippen LogP contribution in [-0.4, -0.2) is 15.7 Å². The Kier molecular flexibility index (Phi) is 3.86. The maximum absolute atomic E-state index is 12.0. The molecular weight excluding hydrogens is 298 g/mol. The summed E-state index contributed by atoms with van der Waals surface area (Å²) in [6.45, 7) is 4.82. The van der Waals surface area contributed by atoms with Gasteiger partial charge >= 0.3 is 0 Å². The second-order valence-corrected chi connectivity index (χ2v) is 4.71. The fourth-order valence-corrected chi connectivity index (χ4v) is 2.14. The lowest BCUT2D eigenvalue weighted by atomic mass is 10.3. The van der Waals surface area contributed by atoms with Gasteiger partial charge in [0.1, 0.15) is 17.2 Å². The first-order valence-corrected chi connectivity index (χ1v) is 6.46. The number of rotatable bonds is 4. The number of furan rings is 1. The summed E-state index contributed by atoms with van der Waals surface area (Å²) in [5.41, 5.74) is 0.528. The molecule has 0 saturated heterocycles. The van der Waals surface area contributed by atoms with E-state index in [0.29, 0.717) is 23.3 Å². The summed E-state index contributed by atoms with van der Waals surface area (Å²) in [6.07, 6.45) is 1.62. The maximum Gasteiger partial charge on any atom is 0.271 e. The van der Waals surface area contributed by atoms with E-state index >= 15 is 0 Å². The van der Waals surface area contributed by atoms with Crippen molar-refractivity contribution >= 4 is 21.8 Å². The number of hydrogen-bond donors (Lipinski definition) is 1. The largest absolute Gasteiger partial charge is 0.465 e. The minimum atomic E-state index is -0.171. The minimum absolute atomic E-state index is 0.171. The first-order valence-electron chi connectivity index (χ1n) is 5.66. The lowest BCUT2D eigenvalue weighted by molar-refractivity contribution is 0.0936. The molecule has 2 aromatic rings. The zero-order chi connectivity index (χ0) is 13.1. The van der Waals surface area contributed by atoms with Gasteiger partial charge in [0.2, 0.25) is 0 Å². The van der Waals surface area contributed by atoms with Gasteiger partial charge < -0.3 is 9.73 Å². The van der Waals surface area contributed by atoms with E-state index in [9.17, 15) is 4.79 Å². The summed E-state index contributed by atoms with van der Waals surface area (Å²) < 4.78 is 7.73. The first-order chi connectivity index (χ1) is 8.61. The quantitative estimate of drug-likeness (QED) is 0.943. The van der Waals surface area contributed by atoms with Gasteiger partial charge in [-0.25, -0.2) is 0 Å². The number of nitrogens with zero attached hydrogens (tertiary/aromatic N) is 2. The van der Waals surface area contributed by atoms with Crippen molar-refractivity contribution in [3.8, 4) is 0 Å². The van der Waals surface area contributed by atoms with Gasteiger partial charge in [0.25, 0.3) is 5.91 Å². The first kappa shape index (κ1) is 12.9. The third-order valence-corrected chi connectivity index (χ3v) is 3.11. The molecule has 0 aliphatic heterocycles. The summed E-state index contributed by atoms with van der Waals surface area (Å²) in [7, 11) is 0. The third kappa shape index (κ3) is 2.64. The molecule has 2 aromatic heterocycles. The van der Waals surface area contributed by atoms with Crippen LogP contribution in [0, 0.1) is 6.92 Å². The van der Waals surface area contributed by atoms with Gasteiger partial charge in [-0.1, -0.05) is 0 Å². The molecule has 0 bridgehead atoms. The normalized spacial score (nSPS) is 10.6. The van der Waals surface area contributed by atoms with Gasteiger partial charge in [-0.05, 0) is 41.9 Å². The number of amides is 1. The van der Waals surface area contributed by atoms with Crippen molar-refractivity contribution in [3.05, 3.63) is 40.0 Å². The van der Waals surface area contributed by atoms with E-state index in [-0.39, 0.29) is 5.91 Å². The molecule has 0 saturated carbocycles. The lowest BCUT2D eigenvalue weighted by Crippen LogP contribution is -2.25. The minimum Gasteiger partial charge on any atom is -0.465 e. The molecule has 96 valence electrons. The van der Waals surface area contributed by atoms with Gasteiger partial charge in [-0.3, -0.25) is 9.48 Å². The predicted molar refractivity (Wildman–Crippen MR) is 70.2 cm³/mol.